The normalized spacial score (nSPS) is 23.7. The third kappa shape index (κ3) is 3.84. The fraction of sp³-hybridized carbons (Fsp3) is 0.533. The summed E-state index contributed by atoms with van der Waals surface area (Å²) in [6, 6.07) is 7.96. The van der Waals surface area contributed by atoms with E-state index < -0.39 is 0 Å². The summed E-state index contributed by atoms with van der Waals surface area (Å²) in [7, 11) is 0. The quantitative estimate of drug-likeness (QED) is 0.828. The van der Waals surface area contributed by atoms with Gasteiger partial charge in [0.1, 0.15) is 0 Å². The maximum absolute atomic E-state index is 11.9. The Hall–Kier alpha value is -1.35. The van der Waals surface area contributed by atoms with Crippen LogP contribution in [-0.2, 0) is 4.79 Å². The Morgan fingerprint density at radius 3 is 2.78 bits per heavy atom. The molecule has 1 amide bonds. The Kier molecular flexibility index (Phi) is 4.37. The number of carbonyl (C=O) groups excluding carboxylic acids is 1. The van der Waals surface area contributed by atoms with Gasteiger partial charge in [0.25, 0.3) is 5.91 Å². The summed E-state index contributed by atoms with van der Waals surface area (Å²) < 4.78 is 0. The lowest BCUT2D eigenvalue weighted by atomic mass is 10.0. The number of quaternary nitrogens is 1. The van der Waals surface area contributed by atoms with Gasteiger partial charge in [-0.15, -0.1) is 0 Å². The number of carbonyl (C=O) groups is 1. The van der Waals surface area contributed by atoms with Crippen LogP contribution in [0.25, 0.3) is 0 Å². The van der Waals surface area contributed by atoms with E-state index in [1.54, 1.807) is 0 Å². The summed E-state index contributed by atoms with van der Waals surface area (Å²) in [5.41, 5.74) is 2.11. The molecule has 3 nitrogen and oxygen atoms in total. The summed E-state index contributed by atoms with van der Waals surface area (Å²) in [6.45, 7) is 7.17. The van der Waals surface area contributed by atoms with Gasteiger partial charge in [-0.2, -0.15) is 0 Å². The number of amides is 1. The fourth-order valence-corrected chi connectivity index (χ4v) is 2.63. The van der Waals surface area contributed by atoms with Crippen LogP contribution in [0.1, 0.15) is 25.3 Å². The number of aryl methyl sites for hydroxylation is 1. The van der Waals surface area contributed by atoms with Gasteiger partial charge in [0.15, 0.2) is 6.54 Å². The minimum absolute atomic E-state index is 0.128. The molecule has 2 atom stereocenters. The minimum Gasteiger partial charge on any atom is -0.327 e. The first-order chi connectivity index (χ1) is 8.63. The molecule has 0 spiro atoms. The summed E-state index contributed by atoms with van der Waals surface area (Å²) in [4.78, 5) is 13.4. The second kappa shape index (κ2) is 6.01. The van der Waals surface area contributed by atoms with Crippen LogP contribution >= 0.6 is 0 Å². The van der Waals surface area contributed by atoms with Crippen LogP contribution in [0.4, 0.5) is 5.69 Å². The Labute approximate surface area is 109 Å². The third-order valence-electron chi connectivity index (χ3n) is 3.61. The van der Waals surface area contributed by atoms with E-state index in [-0.39, 0.29) is 5.91 Å². The first kappa shape index (κ1) is 13.1. The van der Waals surface area contributed by atoms with E-state index in [9.17, 15) is 4.79 Å². The first-order valence-corrected chi connectivity index (χ1v) is 6.83. The molecule has 1 saturated heterocycles. The minimum atomic E-state index is 0.128. The van der Waals surface area contributed by atoms with Crippen molar-refractivity contribution in [2.24, 2.45) is 5.92 Å². The summed E-state index contributed by atoms with van der Waals surface area (Å²) in [5, 5.41) is 2.97. The number of benzene rings is 1. The number of likely N-dealkylation sites (tertiary alicyclic amines) is 1. The predicted octanol–water partition coefficient (Wildman–Crippen LogP) is 1.25. The van der Waals surface area contributed by atoms with E-state index >= 15 is 0 Å². The van der Waals surface area contributed by atoms with Crippen LogP contribution in [0.3, 0.4) is 0 Å². The zero-order valence-corrected chi connectivity index (χ0v) is 11.3. The first-order valence-electron chi connectivity index (χ1n) is 6.83. The molecule has 0 bridgehead atoms. The standard InChI is InChI=1S/C15H22N2O/c1-12-5-7-14(8-6-12)16-15(18)11-17-9-3-4-13(2)10-17/h5-8,13H,3-4,9-11H2,1-2H3,(H,16,18)/p+1/t13-/m0/s1. The molecular weight excluding hydrogens is 224 g/mol. The average molecular weight is 247 g/mol. The molecule has 1 aromatic rings. The molecule has 0 saturated carbocycles. The molecule has 0 radical (unpaired) electrons. The van der Waals surface area contributed by atoms with E-state index in [2.05, 4.69) is 12.2 Å². The van der Waals surface area contributed by atoms with Crippen molar-refractivity contribution in [1.82, 2.24) is 0 Å². The lowest BCUT2D eigenvalue weighted by Crippen LogP contribution is -3.14. The highest BCUT2D eigenvalue weighted by atomic mass is 16.2. The molecule has 1 heterocycles. The molecule has 2 rings (SSSR count). The number of rotatable bonds is 3. The van der Waals surface area contributed by atoms with Crippen molar-refractivity contribution in [3.8, 4) is 0 Å². The van der Waals surface area contributed by atoms with E-state index in [0.29, 0.717) is 6.54 Å². The van der Waals surface area contributed by atoms with E-state index in [4.69, 9.17) is 0 Å². The SMILES string of the molecule is Cc1ccc(NC(=O)C[NH+]2CCC[C@H](C)C2)cc1. The molecule has 98 valence electrons. The van der Waals surface area contributed by atoms with Crippen molar-refractivity contribution in [3.63, 3.8) is 0 Å². The van der Waals surface area contributed by atoms with Crippen molar-refractivity contribution in [3.05, 3.63) is 29.8 Å². The van der Waals surface area contributed by atoms with Crippen molar-refractivity contribution < 1.29 is 9.69 Å². The summed E-state index contributed by atoms with van der Waals surface area (Å²) in [6.07, 6.45) is 2.55. The predicted molar refractivity (Wildman–Crippen MR) is 73.8 cm³/mol. The van der Waals surface area contributed by atoms with Crippen LogP contribution in [0, 0.1) is 12.8 Å². The van der Waals surface area contributed by atoms with Crippen LogP contribution in [-0.4, -0.2) is 25.5 Å². The second-order valence-electron chi connectivity index (χ2n) is 5.54. The lowest BCUT2D eigenvalue weighted by Gasteiger charge is -2.27. The molecule has 1 unspecified atom stereocenters. The van der Waals surface area contributed by atoms with E-state index in [1.165, 1.54) is 23.3 Å². The van der Waals surface area contributed by atoms with Gasteiger partial charge in [-0.1, -0.05) is 24.6 Å². The van der Waals surface area contributed by atoms with Gasteiger partial charge < -0.3 is 10.2 Å². The maximum Gasteiger partial charge on any atom is 0.279 e. The molecular formula is C15H23N2O+. The van der Waals surface area contributed by atoms with Crippen LogP contribution in [0.2, 0.25) is 0 Å². The molecule has 0 aromatic heterocycles. The highest BCUT2D eigenvalue weighted by molar-refractivity contribution is 5.91. The fourth-order valence-electron chi connectivity index (χ4n) is 2.63. The molecule has 1 fully saturated rings. The topological polar surface area (TPSA) is 33.5 Å². The van der Waals surface area contributed by atoms with Crippen molar-refractivity contribution in [1.29, 1.82) is 0 Å². The van der Waals surface area contributed by atoms with Gasteiger partial charge in [0.2, 0.25) is 0 Å². The number of hydrogen-bond acceptors (Lipinski definition) is 1. The van der Waals surface area contributed by atoms with Gasteiger partial charge in [0, 0.05) is 11.6 Å². The van der Waals surface area contributed by atoms with Crippen LogP contribution in [0.5, 0.6) is 0 Å². The Morgan fingerprint density at radius 2 is 2.11 bits per heavy atom. The van der Waals surface area contributed by atoms with Crippen LogP contribution < -0.4 is 10.2 Å². The molecule has 0 aliphatic carbocycles. The third-order valence-corrected chi connectivity index (χ3v) is 3.61. The Morgan fingerprint density at radius 1 is 1.39 bits per heavy atom. The van der Waals surface area contributed by atoms with E-state index in [0.717, 1.165) is 24.7 Å². The van der Waals surface area contributed by atoms with Gasteiger partial charge >= 0.3 is 0 Å². The molecule has 1 aliphatic heterocycles. The van der Waals surface area contributed by atoms with Gasteiger partial charge in [-0.25, -0.2) is 0 Å². The zero-order valence-electron chi connectivity index (χ0n) is 11.3. The average Bonchev–Trinajstić information content (AvgIpc) is 2.32. The lowest BCUT2D eigenvalue weighted by molar-refractivity contribution is -0.900. The van der Waals surface area contributed by atoms with Crippen LogP contribution in [0.15, 0.2) is 24.3 Å². The molecule has 18 heavy (non-hydrogen) atoms. The van der Waals surface area contributed by atoms with Gasteiger partial charge in [-0.3, -0.25) is 4.79 Å². The molecule has 1 aliphatic rings. The number of piperidine rings is 1. The summed E-state index contributed by atoms with van der Waals surface area (Å²) in [5.74, 6) is 0.879. The molecule has 1 aromatic carbocycles. The highest BCUT2D eigenvalue weighted by Crippen LogP contribution is 2.08. The van der Waals surface area contributed by atoms with Gasteiger partial charge in [0.05, 0.1) is 13.1 Å². The highest BCUT2D eigenvalue weighted by Gasteiger charge is 2.21. The van der Waals surface area contributed by atoms with Crippen molar-refractivity contribution in [2.45, 2.75) is 26.7 Å². The number of nitrogens with one attached hydrogen (secondary N) is 2. The monoisotopic (exact) mass is 247 g/mol. The molecule has 2 N–H and O–H groups in total. The second-order valence-corrected chi connectivity index (χ2v) is 5.54. The van der Waals surface area contributed by atoms with Crippen molar-refractivity contribution >= 4 is 11.6 Å². The van der Waals surface area contributed by atoms with E-state index in [1.807, 2.05) is 31.2 Å². The largest absolute Gasteiger partial charge is 0.327 e. The summed E-state index contributed by atoms with van der Waals surface area (Å²) >= 11 is 0. The molecule has 3 heteroatoms. The number of hydrogen-bond donors (Lipinski definition) is 2. The Balaban J connectivity index is 1.83. The maximum atomic E-state index is 11.9. The zero-order chi connectivity index (χ0) is 13.0. The van der Waals surface area contributed by atoms with Crippen molar-refractivity contribution in [2.75, 3.05) is 25.0 Å². The van der Waals surface area contributed by atoms with Gasteiger partial charge in [-0.05, 0) is 31.9 Å². The Bertz CT molecular complexity index is 399. The number of anilines is 1. The smallest absolute Gasteiger partial charge is 0.279 e.